The molecule has 0 unspecified atom stereocenters. The average molecular weight is 360 g/mol. The van der Waals surface area contributed by atoms with Gasteiger partial charge >= 0.3 is 5.97 Å². The van der Waals surface area contributed by atoms with E-state index in [1.807, 2.05) is 55.5 Å². The van der Waals surface area contributed by atoms with Crippen LogP contribution in [-0.4, -0.2) is 29.1 Å². The Balaban J connectivity index is 2.03. The smallest absolute Gasteiger partial charge is 0.338 e. The van der Waals surface area contributed by atoms with Gasteiger partial charge in [-0.1, -0.05) is 48.9 Å². The molecule has 1 aliphatic rings. The first-order valence-electron chi connectivity index (χ1n) is 9.52. The fraction of sp³-hybridized carbons (Fsp3) is 0.304. The zero-order valence-corrected chi connectivity index (χ0v) is 15.8. The number of benzene rings is 2. The Hall–Kier alpha value is -2.88. The van der Waals surface area contributed by atoms with Crippen LogP contribution < -0.4 is 4.90 Å². The maximum absolute atomic E-state index is 12.4. The van der Waals surface area contributed by atoms with Crippen molar-refractivity contribution in [1.29, 1.82) is 0 Å². The number of carbonyl (C=O) groups is 1. The molecule has 0 spiro atoms. The molecule has 1 saturated heterocycles. The lowest BCUT2D eigenvalue weighted by Gasteiger charge is -2.34. The molecule has 1 aliphatic heterocycles. The molecule has 27 heavy (non-hydrogen) atoms. The van der Waals surface area contributed by atoms with Crippen molar-refractivity contribution < 1.29 is 9.90 Å². The molecule has 4 nitrogen and oxygen atoms in total. The molecule has 1 aromatic heterocycles. The summed E-state index contributed by atoms with van der Waals surface area (Å²) in [6.45, 7) is 5.97. The van der Waals surface area contributed by atoms with E-state index in [0.717, 1.165) is 59.3 Å². The van der Waals surface area contributed by atoms with Crippen molar-refractivity contribution in [3.63, 3.8) is 0 Å². The van der Waals surface area contributed by atoms with Gasteiger partial charge in [-0.15, -0.1) is 0 Å². The monoisotopic (exact) mass is 360 g/mol. The number of aryl methyl sites for hydroxylation is 1. The number of aromatic carboxylic acids is 1. The number of nitrogens with zero attached hydrogens (tertiary/aromatic N) is 2. The molecule has 0 amide bonds. The maximum Gasteiger partial charge on any atom is 0.338 e. The lowest BCUT2D eigenvalue weighted by atomic mass is 9.95. The molecule has 0 aliphatic carbocycles. The van der Waals surface area contributed by atoms with E-state index < -0.39 is 5.97 Å². The van der Waals surface area contributed by atoms with E-state index in [4.69, 9.17) is 4.98 Å². The molecule has 0 radical (unpaired) electrons. The number of piperidine rings is 1. The van der Waals surface area contributed by atoms with E-state index in [9.17, 15) is 9.90 Å². The van der Waals surface area contributed by atoms with E-state index in [2.05, 4.69) is 11.8 Å². The van der Waals surface area contributed by atoms with Crippen LogP contribution in [0.1, 0.15) is 35.7 Å². The predicted octanol–water partition coefficient (Wildman–Crippen LogP) is 5.14. The highest BCUT2D eigenvalue weighted by molar-refractivity contribution is 6.10. The van der Waals surface area contributed by atoms with Gasteiger partial charge in [-0.3, -0.25) is 0 Å². The van der Waals surface area contributed by atoms with Crippen molar-refractivity contribution in [2.24, 2.45) is 5.92 Å². The number of carboxylic acid groups (broad SMARTS) is 1. The summed E-state index contributed by atoms with van der Waals surface area (Å²) in [6, 6.07) is 15.8. The highest BCUT2D eigenvalue weighted by atomic mass is 16.4. The Labute approximate surface area is 159 Å². The SMILES string of the molecule is Cc1ccc2nc(-c3ccccc3)c(N3CCC(C)CC3)c(C(=O)O)c2c1. The van der Waals surface area contributed by atoms with Crippen LogP contribution in [0.25, 0.3) is 22.2 Å². The fourth-order valence-corrected chi connectivity index (χ4v) is 3.92. The number of hydrogen-bond donors (Lipinski definition) is 1. The largest absolute Gasteiger partial charge is 0.478 e. The van der Waals surface area contributed by atoms with Crippen molar-refractivity contribution in [2.45, 2.75) is 26.7 Å². The molecule has 1 N–H and O–H groups in total. The second-order valence-electron chi connectivity index (χ2n) is 7.55. The minimum Gasteiger partial charge on any atom is -0.478 e. The molecule has 0 bridgehead atoms. The first kappa shape index (κ1) is 17.5. The minimum atomic E-state index is -0.890. The van der Waals surface area contributed by atoms with Gasteiger partial charge in [-0.2, -0.15) is 0 Å². The number of fused-ring (bicyclic) bond motifs is 1. The Morgan fingerprint density at radius 1 is 1.11 bits per heavy atom. The summed E-state index contributed by atoms with van der Waals surface area (Å²) >= 11 is 0. The average Bonchev–Trinajstić information content (AvgIpc) is 2.67. The molecule has 4 heteroatoms. The number of carboxylic acids is 1. The summed E-state index contributed by atoms with van der Waals surface area (Å²) in [6.07, 6.45) is 2.14. The standard InChI is InChI=1S/C23H24N2O2/c1-15-10-12-25(13-11-15)22-20(23(26)27)18-14-16(2)8-9-19(18)24-21(22)17-6-4-3-5-7-17/h3-9,14-15H,10-13H2,1-2H3,(H,26,27). The number of pyridine rings is 1. The van der Waals surface area contributed by atoms with Gasteiger partial charge in [0.2, 0.25) is 0 Å². The maximum atomic E-state index is 12.4. The fourth-order valence-electron chi connectivity index (χ4n) is 3.92. The second-order valence-corrected chi connectivity index (χ2v) is 7.55. The van der Waals surface area contributed by atoms with Gasteiger partial charge < -0.3 is 10.0 Å². The summed E-state index contributed by atoms with van der Waals surface area (Å²) < 4.78 is 0. The van der Waals surface area contributed by atoms with E-state index >= 15 is 0 Å². The highest BCUT2D eigenvalue weighted by Crippen LogP contribution is 2.39. The van der Waals surface area contributed by atoms with Crippen LogP contribution in [0.3, 0.4) is 0 Å². The Kier molecular flexibility index (Phi) is 4.56. The summed E-state index contributed by atoms with van der Waals surface area (Å²) in [4.78, 5) is 19.5. The van der Waals surface area contributed by atoms with Crippen LogP contribution in [0.5, 0.6) is 0 Å². The molecule has 1 fully saturated rings. The zero-order chi connectivity index (χ0) is 19.0. The lowest BCUT2D eigenvalue weighted by molar-refractivity contribution is 0.0699. The molecule has 3 aromatic rings. The van der Waals surface area contributed by atoms with Crippen LogP contribution in [0.4, 0.5) is 5.69 Å². The van der Waals surface area contributed by atoms with E-state index in [1.165, 1.54) is 0 Å². The number of rotatable bonds is 3. The normalized spacial score (nSPS) is 15.3. The summed E-state index contributed by atoms with van der Waals surface area (Å²) in [5, 5.41) is 10.9. The van der Waals surface area contributed by atoms with E-state index in [-0.39, 0.29) is 0 Å². The van der Waals surface area contributed by atoms with Gasteiger partial charge in [-0.25, -0.2) is 9.78 Å². The van der Waals surface area contributed by atoms with Gasteiger partial charge in [0.1, 0.15) is 0 Å². The van der Waals surface area contributed by atoms with Crippen LogP contribution in [0, 0.1) is 12.8 Å². The molecule has 138 valence electrons. The topological polar surface area (TPSA) is 53.4 Å². The first-order valence-corrected chi connectivity index (χ1v) is 9.52. The third-order valence-corrected chi connectivity index (χ3v) is 5.48. The van der Waals surface area contributed by atoms with E-state index in [1.54, 1.807) is 0 Å². The van der Waals surface area contributed by atoms with Crippen molar-refractivity contribution in [3.05, 3.63) is 59.7 Å². The highest BCUT2D eigenvalue weighted by Gasteiger charge is 2.27. The molecular weight excluding hydrogens is 336 g/mol. The molecule has 2 heterocycles. The van der Waals surface area contributed by atoms with Crippen molar-refractivity contribution in [3.8, 4) is 11.3 Å². The van der Waals surface area contributed by atoms with Crippen molar-refractivity contribution in [2.75, 3.05) is 18.0 Å². The summed E-state index contributed by atoms with van der Waals surface area (Å²) in [7, 11) is 0. The van der Waals surface area contributed by atoms with Gasteiger partial charge in [0.25, 0.3) is 0 Å². The Bertz CT molecular complexity index is 990. The predicted molar refractivity (Wildman–Crippen MR) is 109 cm³/mol. The Morgan fingerprint density at radius 2 is 1.81 bits per heavy atom. The van der Waals surface area contributed by atoms with Gasteiger partial charge in [-0.05, 0) is 37.8 Å². The second kappa shape index (κ2) is 7.03. The van der Waals surface area contributed by atoms with Crippen LogP contribution >= 0.6 is 0 Å². The number of hydrogen-bond acceptors (Lipinski definition) is 3. The first-order chi connectivity index (χ1) is 13.0. The molecule has 0 saturated carbocycles. The van der Waals surface area contributed by atoms with Gasteiger partial charge in [0.15, 0.2) is 0 Å². The van der Waals surface area contributed by atoms with Crippen molar-refractivity contribution in [1.82, 2.24) is 4.98 Å². The minimum absolute atomic E-state index is 0.372. The summed E-state index contributed by atoms with van der Waals surface area (Å²) in [5.74, 6) is -0.218. The van der Waals surface area contributed by atoms with Crippen molar-refractivity contribution >= 4 is 22.6 Å². The Morgan fingerprint density at radius 3 is 2.48 bits per heavy atom. The van der Waals surface area contributed by atoms with Crippen LogP contribution in [0.2, 0.25) is 0 Å². The molecule has 4 rings (SSSR count). The zero-order valence-electron chi connectivity index (χ0n) is 15.8. The molecule has 2 aromatic carbocycles. The lowest BCUT2D eigenvalue weighted by Crippen LogP contribution is -2.34. The van der Waals surface area contributed by atoms with Gasteiger partial charge in [0, 0.05) is 24.0 Å². The van der Waals surface area contributed by atoms with Gasteiger partial charge in [0.05, 0.1) is 22.5 Å². The summed E-state index contributed by atoms with van der Waals surface area (Å²) in [5.41, 5.74) is 4.62. The molecular formula is C23H24N2O2. The van der Waals surface area contributed by atoms with E-state index in [0.29, 0.717) is 11.5 Å². The number of aromatic nitrogens is 1. The third-order valence-electron chi connectivity index (χ3n) is 5.48. The van der Waals surface area contributed by atoms with Crippen LogP contribution in [-0.2, 0) is 0 Å². The number of anilines is 1. The van der Waals surface area contributed by atoms with Crippen LogP contribution in [0.15, 0.2) is 48.5 Å². The third kappa shape index (κ3) is 3.27. The molecule has 0 atom stereocenters. The quantitative estimate of drug-likeness (QED) is 0.702.